The molecule has 0 spiro atoms. The van der Waals surface area contributed by atoms with Gasteiger partial charge in [-0.2, -0.15) is 0 Å². The number of ether oxygens (including phenoxy) is 2. The van der Waals surface area contributed by atoms with Gasteiger partial charge in [-0.3, -0.25) is 9.53 Å². The van der Waals surface area contributed by atoms with Gasteiger partial charge in [0.2, 0.25) is 0 Å². The molecule has 4 rings (SSSR count). The maximum Gasteiger partial charge on any atom is 0.522 e. The average Bonchev–Trinajstić information content (AvgIpc) is 3.19. The van der Waals surface area contributed by atoms with Gasteiger partial charge in [0.15, 0.2) is 6.10 Å². The van der Waals surface area contributed by atoms with Gasteiger partial charge in [0.05, 0.1) is 30.4 Å². The topological polar surface area (TPSA) is 68.6 Å². The molecule has 2 aliphatic rings. The largest absolute Gasteiger partial charge is 0.522 e. The first-order valence-electron chi connectivity index (χ1n) is 10.5. The van der Waals surface area contributed by atoms with E-state index < -0.39 is 18.6 Å². The number of nitrogens with zero attached hydrogens (tertiary/aromatic N) is 3. The smallest absolute Gasteiger partial charge is 0.477 e. The number of likely N-dealkylation sites (N-methyl/N-ethyl adjacent to an activating group) is 1. The third kappa shape index (κ3) is 5.62. The molecule has 11 heteroatoms. The van der Waals surface area contributed by atoms with E-state index in [0.717, 1.165) is 5.69 Å². The van der Waals surface area contributed by atoms with E-state index in [9.17, 15) is 18.0 Å². The molecule has 1 unspecified atom stereocenters. The van der Waals surface area contributed by atoms with E-state index in [1.165, 1.54) is 0 Å². The molecular formula is C22H24ClF3N4O3. The lowest BCUT2D eigenvalue weighted by Crippen LogP contribution is -2.48. The highest BCUT2D eigenvalue weighted by atomic mass is 35.5. The van der Waals surface area contributed by atoms with Gasteiger partial charge >= 0.3 is 6.36 Å². The number of rotatable bonds is 7. The molecule has 0 saturated heterocycles. The number of hydrogen-bond donors (Lipinski definition) is 1. The lowest BCUT2D eigenvalue weighted by atomic mass is 9.80. The number of alkyl halides is 3. The van der Waals surface area contributed by atoms with Crippen LogP contribution in [0.2, 0.25) is 5.02 Å². The summed E-state index contributed by atoms with van der Waals surface area (Å²) in [6, 6.07) is 5.25. The molecule has 1 aromatic carbocycles. The minimum Gasteiger partial charge on any atom is -0.477 e. The Kier molecular flexibility index (Phi) is 6.58. The lowest BCUT2D eigenvalue weighted by Gasteiger charge is -2.34. The standard InChI is InChI=1S/C22H24ClF3N4O3/c1-13(30-10-17(28-12-30)14-7-16(8-14)33-22(24,25)26)5-6-27-21(31)20-11-29(2)18-9-15(23)3-4-19(18)32-20/h3-4,9-10,12,14,16,20H,1,5-8,11H2,2H3,(H,27,31). The zero-order valence-electron chi connectivity index (χ0n) is 17.9. The van der Waals surface area contributed by atoms with Crippen molar-refractivity contribution in [3.8, 4) is 5.75 Å². The first-order chi connectivity index (χ1) is 15.6. The number of carbonyl (C=O) groups is 1. The molecule has 2 aromatic rings. The number of hydrogen-bond acceptors (Lipinski definition) is 5. The van der Waals surface area contributed by atoms with Crippen molar-refractivity contribution in [2.75, 3.05) is 25.0 Å². The number of nitrogens with one attached hydrogen (secondary N) is 1. The second kappa shape index (κ2) is 9.26. The van der Waals surface area contributed by atoms with Crippen LogP contribution in [0.5, 0.6) is 5.75 Å². The molecule has 7 nitrogen and oxygen atoms in total. The molecule has 1 saturated carbocycles. The summed E-state index contributed by atoms with van der Waals surface area (Å²) < 4.78 is 48.4. The van der Waals surface area contributed by atoms with Crippen LogP contribution in [-0.2, 0) is 9.53 Å². The van der Waals surface area contributed by atoms with E-state index in [2.05, 4.69) is 21.6 Å². The molecule has 1 fully saturated rings. The third-order valence-electron chi connectivity index (χ3n) is 5.83. The molecule has 1 N–H and O–H groups in total. The van der Waals surface area contributed by atoms with Gasteiger partial charge in [-0.05, 0) is 31.0 Å². The molecule has 33 heavy (non-hydrogen) atoms. The fraction of sp³-hybridized carbons (Fsp3) is 0.455. The highest BCUT2D eigenvalue weighted by molar-refractivity contribution is 6.31. The molecule has 0 bridgehead atoms. The van der Waals surface area contributed by atoms with Gasteiger partial charge in [0, 0.05) is 42.8 Å². The Balaban J connectivity index is 1.22. The lowest BCUT2D eigenvalue weighted by molar-refractivity contribution is -0.351. The van der Waals surface area contributed by atoms with Crippen molar-refractivity contribution in [3.63, 3.8) is 0 Å². The fourth-order valence-corrected chi connectivity index (χ4v) is 4.12. The molecule has 1 aliphatic carbocycles. The molecular weight excluding hydrogens is 461 g/mol. The number of fused-ring (bicyclic) bond motifs is 1. The fourth-order valence-electron chi connectivity index (χ4n) is 3.95. The Hall–Kier alpha value is -2.72. The normalized spacial score (nSPS) is 22.2. The minimum absolute atomic E-state index is 0.0655. The number of anilines is 1. The van der Waals surface area contributed by atoms with Crippen molar-refractivity contribution in [1.82, 2.24) is 14.9 Å². The number of benzene rings is 1. The monoisotopic (exact) mass is 484 g/mol. The molecule has 2 heterocycles. The zero-order valence-corrected chi connectivity index (χ0v) is 18.7. The van der Waals surface area contributed by atoms with Crippen LogP contribution in [0.3, 0.4) is 0 Å². The van der Waals surface area contributed by atoms with Crippen LogP contribution in [0.1, 0.15) is 30.9 Å². The third-order valence-corrected chi connectivity index (χ3v) is 6.06. The summed E-state index contributed by atoms with van der Waals surface area (Å²) in [5.41, 5.74) is 2.25. The van der Waals surface area contributed by atoms with Crippen LogP contribution >= 0.6 is 11.6 Å². The second-order valence-electron chi connectivity index (χ2n) is 8.27. The molecule has 1 aromatic heterocycles. The number of carbonyl (C=O) groups excluding carboxylic acids is 1. The summed E-state index contributed by atoms with van der Waals surface area (Å²) in [7, 11) is 1.87. The van der Waals surface area contributed by atoms with E-state index in [1.807, 2.05) is 11.9 Å². The van der Waals surface area contributed by atoms with Gasteiger partial charge in [0.25, 0.3) is 5.91 Å². The Morgan fingerprint density at radius 3 is 2.88 bits per heavy atom. The predicted octanol–water partition coefficient (Wildman–Crippen LogP) is 4.19. The Labute approximate surface area is 194 Å². The van der Waals surface area contributed by atoms with Gasteiger partial charge < -0.3 is 19.5 Å². The maximum atomic E-state index is 12.6. The second-order valence-corrected chi connectivity index (χ2v) is 8.70. The summed E-state index contributed by atoms with van der Waals surface area (Å²) >= 11 is 6.03. The summed E-state index contributed by atoms with van der Waals surface area (Å²) in [6.45, 7) is 4.76. The summed E-state index contributed by atoms with van der Waals surface area (Å²) in [5, 5.41) is 3.46. The van der Waals surface area contributed by atoms with E-state index in [0.29, 0.717) is 41.7 Å². The number of amides is 1. The van der Waals surface area contributed by atoms with E-state index in [1.54, 1.807) is 35.3 Å². The van der Waals surface area contributed by atoms with Crippen LogP contribution in [-0.4, -0.2) is 54.2 Å². The first kappa shape index (κ1) is 23.4. The van der Waals surface area contributed by atoms with Crippen molar-refractivity contribution < 1.29 is 27.4 Å². The number of imidazole rings is 1. The highest BCUT2D eigenvalue weighted by Crippen LogP contribution is 2.40. The van der Waals surface area contributed by atoms with Gasteiger partial charge in [-0.15, -0.1) is 13.2 Å². The van der Waals surface area contributed by atoms with Crippen LogP contribution < -0.4 is 15.0 Å². The first-order valence-corrected chi connectivity index (χ1v) is 10.9. The number of halogens is 4. The van der Waals surface area contributed by atoms with Crippen molar-refractivity contribution in [1.29, 1.82) is 0 Å². The summed E-state index contributed by atoms with van der Waals surface area (Å²) in [6.07, 6.45) is -1.69. The minimum atomic E-state index is -4.61. The summed E-state index contributed by atoms with van der Waals surface area (Å²) in [4.78, 5) is 18.8. The Morgan fingerprint density at radius 2 is 2.15 bits per heavy atom. The van der Waals surface area contributed by atoms with Crippen molar-refractivity contribution in [2.24, 2.45) is 0 Å². The van der Waals surface area contributed by atoms with Crippen molar-refractivity contribution in [3.05, 3.63) is 48.0 Å². The van der Waals surface area contributed by atoms with Gasteiger partial charge in [0.1, 0.15) is 5.75 Å². The van der Waals surface area contributed by atoms with Crippen LogP contribution in [0.15, 0.2) is 37.3 Å². The molecule has 0 radical (unpaired) electrons. The van der Waals surface area contributed by atoms with E-state index in [4.69, 9.17) is 16.3 Å². The Bertz CT molecular complexity index is 1040. The molecule has 1 aliphatic heterocycles. The molecule has 1 atom stereocenters. The van der Waals surface area contributed by atoms with Crippen LogP contribution in [0.25, 0.3) is 5.70 Å². The average molecular weight is 485 g/mol. The summed E-state index contributed by atoms with van der Waals surface area (Å²) in [5.74, 6) is 0.304. The quantitative estimate of drug-likeness (QED) is 0.638. The van der Waals surface area contributed by atoms with Crippen molar-refractivity contribution >= 4 is 28.9 Å². The maximum absolute atomic E-state index is 12.6. The SMILES string of the molecule is C=C(CCNC(=O)C1CN(C)c2cc(Cl)ccc2O1)n1cnc(C2CC(OC(F)(F)F)C2)c1. The predicted molar refractivity (Wildman–Crippen MR) is 117 cm³/mol. The van der Waals surface area contributed by atoms with E-state index >= 15 is 0 Å². The van der Waals surface area contributed by atoms with E-state index in [-0.39, 0.29) is 24.7 Å². The Morgan fingerprint density at radius 1 is 1.39 bits per heavy atom. The van der Waals surface area contributed by atoms with Gasteiger partial charge in [-0.25, -0.2) is 4.98 Å². The van der Waals surface area contributed by atoms with Gasteiger partial charge in [-0.1, -0.05) is 18.2 Å². The van der Waals surface area contributed by atoms with Crippen molar-refractivity contribution in [2.45, 2.75) is 43.8 Å². The highest BCUT2D eigenvalue weighted by Gasteiger charge is 2.41. The van der Waals surface area contributed by atoms with Crippen LogP contribution in [0, 0.1) is 0 Å². The molecule has 178 valence electrons. The molecule has 1 amide bonds. The van der Waals surface area contributed by atoms with Crippen LogP contribution in [0.4, 0.5) is 18.9 Å². The number of aromatic nitrogens is 2. The zero-order chi connectivity index (χ0) is 23.8.